The number of ether oxygens (including phenoxy) is 1. The second-order valence-electron chi connectivity index (χ2n) is 4.43. The maximum absolute atomic E-state index is 11.5. The Bertz CT molecular complexity index is 628. The monoisotopic (exact) mass is 274 g/mol. The number of nitrogen functional groups attached to an aromatic ring is 1. The number of carbonyl (C=O) groups excluding carboxylic acids is 1. The first-order chi connectivity index (χ1) is 9.65. The van der Waals surface area contributed by atoms with Gasteiger partial charge in [0.25, 0.3) is 0 Å². The summed E-state index contributed by atoms with van der Waals surface area (Å²) in [5, 5.41) is 4.08. The lowest BCUT2D eigenvalue weighted by Gasteiger charge is -2.09. The highest BCUT2D eigenvalue weighted by atomic mass is 16.5. The first kappa shape index (κ1) is 14.0. The zero-order valence-corrected chi connectivity index (χ0v) is 11.6. The van der Waals surface area contributed by atoms with E-state index in [1.807, 2.05) is 0 Å². The van der Waals surface area contributed by atoms with E-state index in [9.17, 15) is 4.79 Å². The average molecular weight is 274 g/mol. The van der Waals surface area contributed by atoms with Crippen molar-refractivity contribution in [3.63, 3.8) is 0 Å². The smallest absolute Gasteiger partial charge is 0.337 e. The molecule has 3 N–H and O–H groups in total. The number of carbonyl (C=O) groups is 1. The van der Waals surface area contributed by atoms with Crippen molar-refractivity contribution in [2.75, 3.05) is 24.7 Å². The van der Waals surface area contributed by atoms with E-state index in [1.165, 1.54) is 7.11 Å². The highest BCUT2D eigenvalue weighted by Crippen LogP contribution is 2.22. The molecular formula is C14H18N4O2. The van der Waals surface area contributed by atoms with Gasteiger partial charge in [-0.25, -0.2) is 9.78 Å². The standard InChI is InChI=1S/C14H18N4O2/c1-3-4-7-16-12-10-6-5-9(13(19)20-2)8-11(10)17-14(15)18-12/h5-6,8H,3-4,7H2,1-2H3,(H3,15,16,17,18). The first-order valence-corrected chi connectivity index (χ1v) is 6.55. The van der Waals surface area contributed by atoms with Gasteiger partial charge in [-0.3, -0.25) is 0 Å². The molecule has 0 aliphatic carbocycles. The number of nitrogens with zero attached hydrogens (tertiary/aromatic N) is 2. The van der Waals surface area contributed by atoms with E-state index in [-0.39, 0.29) is 5.95 Å². The van der Waals surface area contributed by atoms with Crippen molar-refractivity contribution in [2.45, 2.75) is 19.8 Å². The van der Waals surface area contributed by atoms with Crippen molar-refractivity contribution in [2.24, 2.45) is 0 Å². The second kappa shape index (κ2) is 6.18. The van der Waals surface area contributed by atoms with E-state index in [1.54, 1.807) is 18.2 Å². The van der Waals surface area contributed by atoms with Crippen molar-refractivity contribution < 1.29 is 9.53 Å². The molecule has 1 aromatic carbocycles. The fraction of sp³-hybridized carbons (Fsp3) is 0.357. The molecule has 0 aliphatic rings. The Balaban J connectivity index is 2.41. The van der Waals surface area contributed by atoms with Gasteiger partial charge in [0, 0.05) is 11.9 Å². The number of hydrogen-bond donors (Lipinski definition) is 2. The summed E-state index contributed by atoms with van der Waals surface area (Å²) < 4.78 is 4.70. The van der Waals surface area contributed by atoms with Crippen molar-refractivity contribution >= 4 is 28.6 Å². The summed E-state index contributed by atoms with van der Waals surface area (Å²) in [6.45, 7) is 2.94. The fourth-order valence-corrected chi connectivity index (χ4v) is 1.91. The van der Waals surface area contributed by atoms with E-state index in [2.05, 4.69) is 22.2 Å². The van der Waals surface area contributed by atoms with Crippen LogP contribution in [0.4, 0.5) is 11.8 Å². The number of hydrogen-bond acceptors (Lipinski definition) is 6. The molecule has 20 heavy (non-hydrogen) atoms. The summed E-state index contributed by atoms with van der Waals surface area (Å²) in [6.07, 6.45) is 2.14. The lowest BCUT2D eigenvalue weighted by molar-refractivity contribution is 0.0601. The summed E-state index contributed by atoms with van der Waals surface area (Å²) in [5.41, 5.74) is 6.78. The van der Waals surface area contributed by atoms with Gasteiger partial charge in [-0.15, -0.1) is 0 Å². The average Bonchev–Trinajstić information content (AvgIpc) is 2.45. The van der Waals surface area contributed by atoms with Crippen LogP contribution in [0.2, 0.25) is 0 Å². The van der Waals surface area contributed by atoms with Gasteiger partial charge in [0.05, 0.1) is 18.2 Å². The summed E-state index contributed by atoms with van der Waals surface area (Å²) in [7, 11) is 1.35. The van der Waals surface area contributed by atoms with Crippen LogP contribution in [0, 0.1) is 0 Å². The molecule has 0 amide bonds. The van der Waals surface area contributed by atoms with E-state index in [0.29, 0.717) is 16.9 Å². The molecule has 0 bridgehead atoms. The Kier molecular flexibility index (Phi) is 4.34. The lowest BCUT2D eigenvalue weighted by Crippen LogP contribution is -2.07. The Morgan fingerprint density at radius 2 is 2.20 bits per heavy atom. The zero-order chi connectivity index (χ0) is 14.5. The van der Waals surface area contributed by atoms with Crippen LogP contribution in [0.1, 0.15) is 30.1 Å². The molecule has 2 rings (SSSR count). The van der Waals surface area contributed by atoms with Crippen molar-refractivity contribution in [3.8, 4) is 0 Å². The molecular weight excluding hydrogens is 256 g/mol. The van der Waals surface area contributed by atoms with Crippen LogP contribution >= 0.6 is 0 Å². The third kappa shape index (κ3) is 2.96. The Morgan fingerprint density at radius 3 is 2.90 bits per heavy atom. The van der Waals surface area contributed by atoms with Gasteiger partial charge in [0.15, 0.2) is 0 Å². The number of aromatic nitrogens is 2. The number of rotatable bonds is 5. The molecule has 0 aliphatic heterocycles. The highest BCUT2D eigenvalue weighted by Gasteiger charge is 2.10. The molecule has 6 nitrogen and oxygen atoms in total. The van der Waals surface area contributed by atoms with Gasteiger partial charge in [0.1, 0.15) is 5.82 Å². The second-order valence-corrected chi connectivity index (χ2v) is 4.43. The maximum Gasteiger partial charge on any atom is 0.337 e. The van der Waals surface area contributed by atoms with Crippen molar-refractivity contribution in [3.05, 3.63) is 23.8 Å². The van der Waals surface area contributed by atoms with E-state index >= 15 is 0 Å². The van der Waals surface area contributed by atoms with Gasteiger partial charge < -0.3 is 15.8 Å². The summed E-state index contributed by atoms with van der Waals surface area (Å²) in [6, 6.07) is 5.15. The quantitative estimate of drug-likeness (QED) is 0.641. The Hall–Kier alpha value is -2.37. The number of anilines is 2. The number of nitrogens with two attached hydrogens (primary N) is 1. The molecule has 0 unspecified atom stereocenters. The predicted molar refractivity (Wildman–Crippen MR) is 78.7 cm³/mol. The largest absolute Gasteiger partial charge is 0.465 e. The molecule has 0 spiro atoms. The summed E-state index contributed by atoms with van der Waals surface area (Å²) in [5.74, 6) is 0.473. The molecule has 1 heterocycles. The minimum atomic E-state index is -0.399. The molecule has 0 saturated carbocycles. The third-order valence-corrected chi connectivity index (χ3v) is 2.96. The molecule has 106 valence electrons. The zero-order valence-electron chi connectivity index (χ0n) is 11.6. The maximum atomic E-state index is 11.5. The van der Waals surface area contributed by atoms with E-state index in [0.717, 1.165) is 24.8 Å². The van der Waals surface area contributed by atoms with Gasteiger partial charge >= 0.3 is 5.97 Å². The number of fused-ring (bicyclic) bond motifs is 1. The molecule has 2 aromatic rings. The molecule has 0 saturated heterocycles. The van der Waals surface area contributed by atoms with E-state index in [4.69, 9.17) is 10.5 Å². The minimum Gasteiger partial charge on any atom is -0.465 e. The van der Waals surface area contributed by atoms with Crippen LogP contribution in [-0.4, -0.2) is 29.6 Å². The summed E-state index contributed by atoms with van der Waals surface area (Å²) in [4.78, 5) is 19.9. The number of benzene rings is 1. The molecule has 1 aromatic heterocycles. The normalized spacial score (nSPS) is 10.5. The summed E-state index contributed by atoms with van der Waals surface area (Å²) >= 11 is 0. The fourth-order valence-electron chi connectivity index (χ4n) is 1.91. The van der Waals surface area contributed by atoms with Gasteiger partial charge in [0.2, 0.25) is 5.95 Å². The van der Waals surface area contributed by atoms with E-state index < -0.39 is 5.97 Å². The van der Waals surface area contributed by atoms with Gasteiger partial charge in [-0.05, 0) is 24.6 Å². The number of unbranched alkanes of at least 4 members (excludes halogenated alkanes) is 1. The molecule has 0 fully saturated rings. The highest BCUT2D eigenvalue weighted by molar-refractivity contribution is 5.97. The topological polar surface area (TPSA) is 90.1 Å². The Labute approximate surface area is 117 Å². The third-order valence-electron chi connectivity index (χ3n) is 2.96. The number of nitrogens with one attached hydrogen (secondary N) is 1. The van der Waals surface area contributed by atoms with Crippen molar-refractivity contribution in [1.82, 2.24) is 9.97 Å². The molecule has 6 heteroatoms. The lowest BCUT2D eigenvalue weighted by atomic mass is 10.1. The number of methoxy groups -OCH3 is 1. The predicted octanol–water partition coefficient (Wildman–Crippen LogP) is 2.21. The molecule has 0 radical (unpaired) electrons. The van der Waals surface area contributed by atoms with Gasteiger partial charge in [-0.1, -0.05) is 13.3 Å². The van der Waals surface area contributed by atoms with Crippen LogP contribution in [0.25, 0.3) is 10.9 Å². The minimum absolute atomic E-state index is 0.179. The number of esters is 1. The van der Waals surface area contributed by atoms with Crippen LogP contribution in [0.5, 0.6) is 0 Å². The van der Waals surface area contributed by atoms with Gasteiger partial charge in [-0.2, -0.15) is 4.98 Å². The van der Waals surface area contributed by atoms with Crippen LogP contribution in [0.15, 0.2) is 18.2 Å². The Morgan fingerprint density at radius 1 is 1.40 bits per heavy atom. The van der Waals surface area contributed by atoms with Crippen molar-refractivity contribution in [1.29, 1.82) is 0 Å². The van der Waals surface area contributed by atoms with Crippen LogP contribution in [0.3, 0.4) is 0 Å². The van der Waals surface area contributed by atoms with Crippen LogP contribution in [-0.2, 0) is 4.74 Å². The van der Waals surface area contributed by atoms with Crippen LogP contribution < -0.4 is 11.1 Å². The SMILES string of the molecule is CCCCNc1nc(N)nc2cc(C(=O)OC)ccc12. The first-order valence-electron chi connectivity index (χ1n) is 6.55. The molecule has 0 atom stereocenters.